The predicted octanol–water partition coefficient (Wildman–Crippen LogP) is 4.03. The van der Waals surface area contributed by atoms with Crippen LogP contribution in [0.2, 0.25) is 0 Å². The summed E-state index contributed by atoms with van der Waals surface area (Å²) in [7, 11) is 1.55. The Morgan fingerprint density at radius 3 is 2.65 bits per heavy atom. The maximum absolute atomic E-state index is 12.5. The number of nitriles is 1. The quantitative estimate of drug-likeness (QED) is 0.562. The number of aromatic nitrogens is 1. The summed E-state index contributed by atoms with van der Waals surface area (Å²) in [6, 6.07) is 22.4. The number of nitrogens with one attached hydrogen (secondary N) is 1. The molecule has 0 aliphatic heterocycles. The highest BCUT2D eigenvalue weighted by Gasteiger charge is 2.11. The number of carbonyl (C=O) groups excluding carboxylic acids is 1. The van der Waals surface area contributed by atoms with Gasteiger partial charge in [-0.05, 0) is 42.5 Å². The number of rotatable bonds is 5. The topological polar surface area (TPSA) is 67.0 Å². The van der Waals surface area contributed by atoms with Gasteiger partial charge in [-0.3, -0.25) is 4.79 Å². The molecule has 0 aliphatic carbocycles. The molecular weight excluding hydrogens is 326 g/mol. The van der Waals surface area contributed by atoms with Crippen molar-refractivity contribution in [3.63, 3.8) is 0 Å². The van der Waals surface area contributed by atoms with E-state index in [1.54, 1.807) is 37.5 Å². The van der Waals surface area contributed by atoms with Crippen LogP contribution in [0.3, 0.4) is 0 Å². The number of hydrogen-bond acceptors (Lipinski definition) is 3. The second-order valence-corrected chi connectivity index (χ2v) is 5.49. The van der Waals surface area contributed by atoms with Crippen LogP contribution in [-0.2, 0) is 4.79 Å². The summed E-state index contributed by atoms with van der Waals surface area (Å²) >= 11 is 0. The Balaban J connectivity index is 1.86. The average molecular weight is 343 g/mol. The molecule has 0 radical (unpaired) electrons. The van der Waals surface area contributed by atoms with E-state index in [2.05, 4.69) is 5.32 Å². The molecule has 0 bridgehead atoms. The minimum atomic E-state index is -0.471. The van der Waals surface area contributed by atoms with Gasteiger partial charge in [0, 0.05) is 29.3 Å². The fraction of sp³-hybridized carbons (Fsp3) is 0.0476. The van der Waals surface area contributed by atoms with Crippen molar-refractivity contribution >= 4 is 17.7 Å². The van der Waals surface area contributed by atoms with Gasteiger partial charge in [0.2, 0.25) is 0 Å². The van der Waals surface area contributed by atoms with Gasteiger partial charge in [-0.15, -0.1) is 0 Å². The Bertz CT molecular complexity index is 982. The third-order valence-electron chi connectivity index (χ3n) is 3.80. The smallest absolute Gasteiger partial charge is 0.266 e. The molecule has 1 heterocycles. The van der Waals surface area contributed by atoms with Gasteiger partial charge in [0.15, 0.2) is 0 Å². The van der Waals surface area contributed by atoms with Crippen molar-refractivity contribution in [1.82, 2.24) is 4.57 Å². The summed E-state index contributed by atoms with van der Waals surface area (Å²) in [5.74, 6) is 0.157. The zero-order valence-electron chi connectivity index (χ0n) is 14.2. The molecule has 1 aromatic heterocycles. The maximum atomic E-state index is 12.5. The van der Waals surface area contributed by atoms with Crippen LogP contribution in [0, 0.1) is 11.3 Å². The Kier molecular flexibility index (Phi) is 5.16. The molecule has 0 saturated carbocycles. The van der Waals surface area contributed by atoms with Crippen LogP contribution in [0.4, 0.5) is 5.69 Å². The van der Waals surface area contributed by atoms with E-state index in [1.807, 2.05) is 59.3 Å². The summed E-state index contributed by atoms with van der Waals surface area (Å²) < 4.78 is 7.05. The molecule has 0 unspecified atom stereocenters. The standard InChI is InChI=1S/C21H17N3O2/c1-26-20-11-5-7-17(14-20)23-21(25)16(15-22)13-19-10-6-12-24(19)18-8-3-2-4-9-18/h2-14H,1H3,(H,23,25)/b16-13-. The average Bonchev–Trinajstić information content (AvgIpc) is 3.15. The zero-order valence-corrected chi connectivity index (χ0v) is 14.2. The molecule has 3 rings (SSSR count). The summed E-state index contributed by atoms with van der Waals surface area (Å²) in [4.78, 5) is 12.5. The summed E-state index contributed by atoms with van der Waals surface area (Å²) in [6.07, 6.45) is 3.46. The van der Waals surface area contributed by atoms with E-state index in [1.165, 1.54) is 0 Å². The number of carbonyl (C=O) groups is 1. The number of ether oxygens (including phenoxy) is 1. The third-order valence-corrected chi connectivity index (χ3v) is 3.80. The summed E-state index contributed by atoms with van der Waals surface area (Å²) in [6.45, 7) is 0. The second kappa shape index (κ2) is 7.86. The van der Waals surface area contributed by atoms with Crippen LogP contribution in [0.25, 0.3) is 11.8 Å². The fourth-order valence-corrected chi connectivity index (χ4v) is 2.53. The molecule has 5 nitrogen and oxygen atoms in total. The van der Waals surface area contributed by atoms with Gasteiger partial charge in [-0.1, -0.05) is 24.3 Å². The molecule has 0 spiro atoms. The number of para-hydroxylation sites is 1. The van der Waals surface area contributed by atoms with E-state index < -0.39 is 5.91 Å². The van der Waals surface area contributed by atoms with Crippen molar-refractivity contribution in [3.05, 3.63) is 84.2 Å². The largest absolute Gasteiger partial charge is 0.497 e. The summed E-state index contributed by atoms with van der Waals surface area (Å²) in [5.41, 5.74) is 2.28. The van der Waals surface area contributed by atoms with Gasteiger partial charge >= 0.3 is 0 Å². The molecule has 1 N–H and O–H groups in total. The van der Waals surface area contributed by atoms with Crippen LogP contribution in [0.15, 0.2) is 78.5 Å². The normalized spacial score (nSPS) is 10.8. The first-order valence-corrected chi connectivity index (χ1v) is 8.01. The van der Waals surface area contributed by atoms with Crippen LogP contribution < -0.4 is 10.1 Å². The number of amides is 1. The Hall–Kier alpha value is -3.78. The molecule has 1 amide bonds. The molecule has 3 aromatic rings. The molecule has 0 aliphatic rings. The van der Waals surface area contributed by atoms with Gasteiger partial charge in [0.05, 0.1) is 7.11 Å². The van der Waals surface area contributed by atoms with Crippen molar-refractivity contribution in [3.8, 4) is 17.5 Å². The molecular formula is C21H17N3O2. The lowest BCUT2D eigenvalue weighted by atomic mass is 10.2. The van der Waals surface area contributed by atoms with Gasteiger partial charge in [-0.25, -0.2) is 0 Å². The van der Waals surface area contributed by atoms with Crippen LogP contribution in [0.5, 0.6) is 5.75 Å². The highest BCUT2D eigenvalue weighted by molar-refractivity contribution is 6.09. The zero-order chi connectivity index (χ0) is 18.4. The highest BCUT2D eigenvalue weighted by atomic mass is 16.5. The maximum Gasteiger partial charge on any atom is 0.266 e. The monoisotopic (exact) mass is 343 g/mol. The van der Waals surface area contributed by atoms with E-state index in [-0.39, 0.29) is 5.57 Å². The lowest BCUT2D eigenvalue weighted by Gasteiger charge is -2.08. The molecule has 0 atom stereocenters. The lowest BCUT2D eigenvalue weighted by molar-refractivity contribution is -0.112. The Labute approximate surface area is 151 Å². The van der Waals surface area contributed by atoms with Crippen molar-refractivity contribution < 1.29 is 9.53 Å². The van der Waals surface area contributed by atoms with Crippen molar-refractivity contribution in [1.29, 1.82) is 5.26 Å². The lowest BCUT2D eigenvalue weighted by Crippen LogP contribution is -2.13. The van der Waals surface area contributed by atoms with E-state index in [9.17, 15) is 10.1 Å². The Morgan fingerprint density at radius 1 is 1.12 bits per heavy atom. The van der Waals surface area contributed by atoms with Gasteiger partial charge in [-0.2, -0.15) is 5.26 Å². The SMILES string of the molecule is COc1cccc(NC(=O)/C(C#N)=C\c2cccn2-c2ccccc2)c1. The highest BCUT2D eigenvalue weighted by Crippen LogP contribution is 2.19. The third kappa shape index (κ3) is 3.82. The first kappa shape index (κ1) is 17.1. The van der Waals surface area contributed by atoms with E-state index in [0.717, 1.165) is 11.4 Å². The Morgan fingerprint density at radius 2 is 1.92 bits per heavy atom. The van der Waals surface area contributed by atoms with E-state index in [0.29, 0.717) is 11.4 Å². The molecule has 128 valence electrons. The molecule has 0 saturated heterocycles. The van der Waals surface area contributed by atoms with Crippen molar-refractivity contribution in [2.75, 3.05) is 12.4 Å². The van der Waals surface area contributed by atoms with Crippen LogP contribution in [0.1, 0.15) is 5.69 Å². The van der Waals surface area contributed by atoms with E-state index in [4.69, 9.17) is 4.74 Å². The summed E-state index contributed by atoms with van der Waals surface area (Å²) in [5, 5.41) is 12.1. The number of benzene rings is 2. The second-order valence-electron chi connectivity index (χ2n) is 5.49. The van der Waals surface area contributed by atoms with E-state index >= 15 is 0 Å². The van der Waals surface area contributed by atoms with Gasteiger partial charge in [0.1, 0.15) is 17.4 Å². The first-order chi connectivity index (χ1) is 12.7. The number of anilines is 1. The molecule has 0 fully saturated rings. The predicted molar refractivity (Wildman–Crippen MR) is 101 cm³/mol. The van der Waals surface area contributed by atoms with Crippen LogP contribution in [-0.4, -0.2) is 17.6 Å². The van der Waals surface area contributed by atoms with Crippen LogP contribution >= 0.6 is 0 Å². The number of hydrogen-bond donors (Lipinski definition) is 1. The number of methoxy groups -OCH3 is 1. The first-order valence-electron chi connectivity index (χ1n) is 8.01. The minimum Gasteiger partial charge on any atom is -0.497 e. The number of nitrogens with zero attached hydrogens (tertiary/aromatic N) is 2. The minimum absolute atomic E-state index is 0.0173. The molecule has 5 heteroatoms. The van der Waals surface area contributed by atoms with Gasteiger partial charge < -0.3 is 14.6 Å². The van der Waals surface area contributed by atoms with Crippen molar-refractivity contribution in [2.45, 2.75) is 0 Å². The van der Waals surface area contributed by atoms with Gasteiger partial charge in [0.25, 0.3) is 5.91 Å². The fourth-order valence-electron chi connectivity index (χ4n) is 2.53. The van der Waals surface area contributed by atoms with Crippen molar-refractivity contribution in [2.24, 2.45) is 0 Å². The molecule has 26 heavy (non-hydrogen) atoms. The molecule has 2 aromatic carbocycles.